The minimum Gasteiger partial charge on any atom is -0.456 e. The summed E-state index contributed by atoms with van der Waals surface area (Å²) < 4.78 is 38.4. The van der Waals surface area contributed by atoms with E-state index in [1.165, 1.54) is 0 Å². The van der Waals surface area contributed by atoms with Gasteiger partial charge in [0.2, 0.25) is 0 Å². The Morgan fingerprint density at radius 3 is 2.29 bits per heavy atom. The summed E-state index contributed by atoms with van der Waals surface area (Å²) in [6.07, 6.45) is 0. The van der Waals surface area contributed by atoms with Crippen molar-refractivity contribution in [2.45, 2.75) is 26.2 Å². The average Bonchev–Trinajstić information content (AvgIpc) is 3.37. The van der Waals surface area contributed by atoms with Gasteiger partial charge in [0.1, 0.15) is 33.7 Å². The summed E-state index contributed by atoms with van der Waals surface area (Å²) in [7, 11) is 0. The second-order valence-corrected chi connectivity index (χ2v) is 8.21. The van der Waals surface area contributed by atoms with Crippen molar-refractivity contribution >= 4 is 49.5 Å². The van der Waals surface area contributed by atoms with Crippen molar-refractivity contribution in [2.24, 2.45) is 0 Å². The molecule has 0 saturated heterocycles. The molecule has 4 heterocycles. The summed E-state index contributed by atoms with van der Waals surface area (Å²) in [6, 6.07) is 10.8. The Morgan fingerprint density at radius 2 is 1.57 bits per heavy atom. The molecule has 6 rings (SSSR count). The van der Waals surface area contributed by atoms with E-state index in [4.69, 9.17) is 9.40 Å². The van der Waals surface area contributed by atoms with Crippen LogP contribution in [0.2, 0.25) is 0 Å². The fraction of sp³-hybridized carbons (Fsp3) is 0.182. The van der Waals surface area contributed by atoms with E-state index in [1.807, 2.05) is 45.0 Å². The number of fused-ring (bicyclic) bond motifs is 10. The van der Waals surface area contributed by atoms with E-state index in [0.717, 1.165) is 10.9 Å². The van der Waals surface area contributed by atoms with Crippen molar-refractivity contribution < 1.29 is 13.2 Å². The molecule has 0 amide bonds. The standard InChI is InChI=1S/C22H15F2N3O/c1-22(2,3)21-25-11-7-5-4-6-10(11)20-26-18-16(23)14-12-8-9-13(28-12)15(14)17(24)19(18)27(20)21/h4-9H,1-3H3. The van der Waals surface area contributed by atoms with Gasteiger partial charge in [-0.3, -0.25) is 4.40 Å². The lowest BCUT2D eigenvalue weighted by Gasteiger charge is -2.20. The molecule has 0 aliphatic rings. The van der Waals surface area contributed by atoms with Gasteiger partial charge in [0.05, 0.1) is 16.3 Å². The Balaban J connectivity index is 1.98. The number of hydrogen-bond donors (Lipinski definition) is 0. The lowest BCUT2D eigenvalue weighted by molar-refractivity contribution is 0.540. The number of aromatic nitrogens is 3. The molecular formula is C22H15F2N3O. The minimum absolute atomic E-state index is 0.00227. The highest BCUT2D eigenvalue weighted by Crippen LogP contribution is 2.41. The Labute approximate surface area is 157 Å². The Kier molecular flexibility index (Phi) is 2.68. The molecule has 0 saturated carbocycles. The summed E-state index contributed by atoms with van der Waals surface area (Å²) in [4.78, 5) is 9.33. The van der Waals surface area contributed by atoms with Crippen LogP contribution in [0, 0.1) is 11.6 Å². The molecule has 138 valence electrons. The first-order chi connectivity index (χ1) is 13.4. The highest BCUT2D eigenvalue weighted by atomic mass is 19.1. The topological polar surface area (TPSA) is 43.3 Å². The highest BCUT2D eigenvalue weighted by Gasteiger charge is 2.29. The fourth-order valence-electron chi connectivity index (χ4n) is 4.12. The summed E-state index contributed by atoms with van der Waals surface area (Å²) in [5, 5.41) is 1.07. The Hall–Kier alpha value is -3.28. The number of hydrogen-bond acceptors (Lipinski definition) is 3. The van der Waals surface area contributed by atoms with Gasteiger partial charge < -0.3 is 4.42 Å². The third-order valence-electron chi connectivity index (χ3n) is 5.33. The first-order valence-electron chi connectivity index (χ1n) is 9.09. The Bertz CT molecular complexity index is 1570. The summed E-state index contributed by atoms with van der Waals surface area (Å²) in [6.45, 7) is 5.99. The van der Waals surface area contributed by atoms with Crippen molar-refractivity contribution in [2.75, 3.05) is 0 Å². The molecule has 4 aromatic heterocycles. The second-order valence-electron chi connectivity index (χ2n) is 8.21. The van der Waals surface area contributed by atoms with Gasteiger partial charge in [-0.2, -0.15) is 0 Å². The summed E-state index contributed by atoms with van der Waals surface area (Å²) in [5.41, 5.74) is 1.61. The van der Waals surface area contributed by atoms with Crippen LogP contribution in [0.4, 0.5) is 8.78 Å². The van der Waals surface area contributed by atoms with Crippen LogP contribution in [0.25, 0.3) is 49.5 Å². The molecule has 28 heavy (non-hydrogen) atoms. The maximum absolute atomic E-state index is 15.7. The molecule has 0 fully saturated rings. The van der Waals surface area contributed by atoms with Crippen LogP contribution < -0.4 is 0 Å². The third kappa shape index (κ3) is 1.73. The van der Waals surface area contributed by atoms with Crippen molar-refractivity contribution in [3.8, 4) is 0 Å². The predicted molar refractivity (Wildman–Crippen MR) is 105 cm³/mol. The monoisotopic (exact) mass is 375 g/mol. The molecule has 4 nitrogen and oxygen atoms in total. The van der Waals surface area contributed by atoms with Gasteiger partial charge in [-0.1, -0.05) is 32.9 Å². The van der Waals surface area contributed by atoms with E-state index in [-0.39, 0.29) is 21.8 Å². The van der Waals surface area contributed by atoms with E-state index < -0.39 is 17.0 Å². The number of furan rings is 2. The SMILES string of the molecule is CC(C)(C)c1nc2ccccc2c2nc3c(F)c4c5ccc(o5)c4c(F)c3n12. The number of benzene rings is 3. The average molecular weight is 375 g/mol. The van der Waals surface area contributed by atoms with E-state index >= 15 is 8.78 Å². The second kappa shape index (κ2) is 4.76. The van der Waals surface area contributed by atoms with Crippen molar-refractivity contribution in [1.82, 2.24) is 14.4 Å². The summed E-state index contributed by atoms with van der Waals surface area (Å²) in [5.74, 6) is -0.469. The zero-order chi connectivity index (χ0) is 19.4. The summed E-state index contributed by atoms with van der Waals surface area (Å²) >= 11 is 0. The molecule has 0 radical (unpaired) electrons. The first-order valence-corrected chi connectivity index (χ1v) is 9.09. The Morgan fingerprint density at radius 1 is 0.893 bits per heavy atom. The van der Waals surface area contributed by atoms with Gasteiger partial charge in [0.15, 0.2) is 11.6 Å². The fourth-order valence-corrected chi connectivity index (χ4v) is 4.12. The molecule has 2 aromatic carbocycles. The molecule has 0 aliphatic heterocycles. The van der Waals surface area contributed by atoms with Crippen LogP contribution >= 0.6 is 0 Å². The minimum atomic E-state index is -0.562. The zero-order valence-electron chi connectivity index (χ0n) is 15.5. The molecular weight excluding hydrogens is 360 g/mol. The van der Waals surface area contributed by atoms with E-state index in [0.29, 0.717) is 22.6 Å². The molecule has 6 heteroatoms. The zero-order valence-corrected chi connectivity index (χ0v) is 15.5. The van der Waals surface area contributed by atoms with E-state index in [1.54, 1.807) is 16.5 Å². The van der Waals surface area contributed by atoms with Gasteiger partial charge in [-0.05, 0) is 24.3 Å². The maximum Gasteiger partial charge on any atom is 0.162 e. The van der Waals surface area contributed by atoms with Gasteiger partial charge in [-0.25, -0.2) is 18.7 Å². The lowest BCUT2D eigenvalue weighted by Crippen LogP contribution is -2.19. The molecule has 0 N–H and O–H groups in total. The van der Waals surface area contributed by atoms with E-state index in [2.05, 4.69) is 4.98 Å². The van der Waals surface area contributed by atoms with Gasteiger partial charge in [-0.15, -0.1) is 0 Å². The third-order valence-corrected chi connectivity index (χ3v) is 5.33. The number of imidazole rings is 1. The van der Waals surface area contributed by atoms with Crippen LogP contribution in [0.3, 0.4) is 0 Å². The lowest BCUT2D eigenvalue weighted by atomic mass is 9.95. The number of para-hydroxylation sites is 1. The van der Waals surface area contributed by atoms with Crippen LogP contribution in [0.15, 0.2) is 40.8 Å². The number of rotatable bonds is 0. The van der Waals surface area contributed by atoms with Gasteiger partial charge in [0.25, 0.3) is 0 Å². The van der Waals surface area contributed by atoms with Gasteiger partial charge in [0, 0.05) is 10.8 Å². The molecule has 0 unspecified atom stereocenters. The molecule has 6 aromatic rings. The van der Waals surface area contributed by atoms with Crippen LogP contribution in [0.5, 0.6) is 0 Å². The highest BCUT2D eigenvalue weighted by molar-refractivity contribution is 6.13. The number of nitrogens with zero attached hydrogens (tertiary/aromatic N) is 3. The van der Waals surface area contributed by atoms with E-state index in [9.17, 15) is 0 Å². The van der Waals surface area contributed by atoms with Crippen LogP contribution in [-0.2, 0) is 5.41 Å². The largest absolute Gasteiger partial charge is 0.456 e. The molecule has 0 atom stereocenters. The quantitative estimate of drug-likeness (QED) is 0.330. The maximum atomic E-state index is 15.7. The predicted octanol–water partition coefficient (Wildman–Crippen LogP) is 5.95. The van der Waals surface area contributed by atoms with Crippen LogP contribution in [-0.4, -0.2) is 14.4 Å². The van der Waals surface area contributed by atoms with Crippen molar-refractivity contribution in [3.05, 3.63) is 53.9 Å². The van der Waals surface area contributed by atoms with Crippen molar-refractivity contribution in [3.63, 3.8) is 0 Å². The smallest absolute Gasteiger partial charge is 0.162 e. The molecule has 2 bridgehead atoms. The van der Waals surface area contributed by atoms with Crippen LogP contribution in [0.1, 0.15) is 26.6 Å². The number of halogens is 2. The normalized spacial score (nSPS) is 13.2. The molecule has 0 spiro atoms. The molecule has 0 aliphatic carbocycles. The first kappa shape index (κ1) is 15.7. The van der Waals surface area contributed by atoms with Gasteiger partial charge >= 0.3 is 0 Å². The van der Waals surface area contributed by atoms with Crippen molar-refractivity contribution in [1.29, 1.82) is 0 Å².